The molecule has 1 saturated heterocycles. The van der Waals surface area contributed by atoms with Crippen molar-refractivity contribution in [3.8, 4) is 5.75 Å². The summed E-state index contributed by atoms with van der Waals surface area (Å²) in [6.07, 6.45) is 1.44. The number of nitrogens with zero attached hydrogens (tertiary/aromatic N) is 1. The number of hydroxylamine groups is 1. The lowest BCUT2D eigenvalue weighted by Crippen LogP contribution is -2.47. The molecule has 0 spiro atoms. The average molecular weight is 362 g/mol. The van der Waals surface area contributed by atoms with Gasteiger partial charge in [0.1, 0.15) is 12.4 Å². The lowest BCUT2D eigenvalue weighted by Gasteiger charge is -2.38. The van der Waals surface area contributed by atoms with Crippen LogP contribution >= 0.6 is 0 Å². The Morgan fingerprint density at radius 1 is 1.35 bits per heavy atom. The minimum absolute atomic E-state index is 0.0535. The van der Waals surface area contributed by atoms with E-state index < -0.39 is 5.91 Å². The maximum Gasteiger partial charge on any atom is 0.274 e. The highest BCUT2D eigenvalue weighted by Crippen LogP contribution is 2.33. The Morgan fingerprint density at radius 2 is 2.12 bits per heavy atom. The van der Waals surface area contributed by atoms with Crippen LogP contribution in [0.1, 0.15) is 49.5 Å². The standard InChI is InChI=1S/C19H26N2O5/c1-12-11-25-16-8-13(17(22)20-24)4-5-15(16)10-21(12)18(23)14-6-7-26-19(2,3)9-14/h4-5,8,12,14,24H,6-7,9-11H2,1-3H3,(H,20,22). The van der Waals surface area contributed by atoms with E-state index in [1.54, 1.807) is 23.7 Å². The van der Waals surface area contributed by atoms with Crippen molar-refractivity contribution in [1.82, 2.24) is 10.4 Å². The van der Waals surface area contributed by atoms with Crippen LogP contribution in [0.15, 0.2) is 18.2 Å². The molecular weight excluding hydrogens is 336 g/mol. The molecule has 2 unspecified atom stereocenters. The number of hydrogen-bond donors (Lipinski definition) is 2. The van der Waals surface area contributed by atoms with Crippen LogP contribution in [-0.2, 0) is 16.1 Å². The van der Waals surface area contributed by atoms with Crippen LogP contribution in [0.4, 0.5) is 0 Å². The van der Waals surface area contributed by atoms with Crippen molar-refractivity contribution in [3.05, 3.63) is 29.3 Å². The molecule has 0 saturated carbocycles. The molecule has 1 fully saturated rings. The molecule has 7 nitrogen and oxygen atoms in total. The van der Waals surface area contributed by atoms with Gasteiger partial charge in [-0.25, -0.2) is 5.48 Å². The van der Waals surface area contributed by atoms with Crippen molar-refractivity contribution in [2.75, 3.05) is 13.2 Å². The second-order valence-electron chi connectivity index (χ2n) is 7.69. The number of fused-ring (bicyclic) bond motifs is 1. The van der Waals surface area contributed by atoms with E-state index in [0.29, 0.717) is 37.5 Å². The second kappa shape index (κ2) is 7.25. The Morgan fingerprint density at radius 3 is 2.81 bits per heavy atom. The topological polar surface area (TPSA) is 88.1 Å². The van der Waals surface area contributed by atoms with E-state index in [1.807, 2.05) is 25.7 Å². The molecule has 1 aromatic carbocycles. The van der Waals surface area contributed by atoms with E-state index in [1.165, 1.54) is 0 Å². The van der Waals surface area contributed by atoms with Crippen molar-refractivity contribution in [2.45, 2.75) is 51.8 Å². The maximum absolute atomic E-state index is 13.2. The first-order chi connectivity index (χ1) is 12.3. The SMILES string of the molecule is CC1COc2cc(C(=O)NO)ccc2CN1C(=O)C1CCOC(C)(C)C1. The highest BCUT2D eigenvalue weighted by atomic mass is 16.5. The molecule has 2 atom stereocenters. The first-order valence-corrected chi connectivity index (χ1v) is 8.95. The van der Waals surface area contributed by atoms with Gasteiger partial charge in [-0.15, -0.1) is 0 Å². The van der Waals surface area contributed by atoms with Crippen molar-refractivity contribution in [1.29, 1.82) is 0 Å². The number of rotatable bonds is 2. The van der Waals surface area contributed by atoms with Crippen LogP contribution in [0.3, 0.4) is 0 Å². The van der Waals surface area contributed by atoms with Crippen LogP contribution < -0.4 is 10.2 Å². The molecular formula is C19H26N2O5. The summed E-state index contributed by atoms with van der Waals surface area (Å²) >= 11 is 0. The van der Waals surface area contributed by atoms with Crippen LogP contribution in [0.5, 0.6) is 5.75 Å². The lowest BCUT2D eigenvalue weighted by atomic mass is 9.87. The summed E-state index contributed by atoms with van der Waals surface area (Å²) < 4.78 is 11.6. The maximum atomic E-state index is 13.2. The van der Waals surface area contributed by atoms with Gasteiger partial charge in [0, 0.05) is 30.2 Å². The first kappa shape index (κ1) is 18.7. The summed E-state index contributed by atoms with van der Waals surface area (Å²) in [4.78, 5) is 26.6. The van der Waals surface area contributed by atoms with E-state index in [2.05, 4.69) is 0 Å². The van der Waals surface area contributed by atoms with Gasteiger partial charge in [0.05, 0.1) is 11.6 Å². The van der Waals surface area contributed by atoms with Gasteiger partial charge in [0.25, 0.3) is 5.91 Å². The molecule has 0 radical (unpaired) electrons. The highest BCUT2D eigenvalue weighted by Gasteiger charge is 2.37. The third-order valence-electron chi connectivity index (χ3n) is 5.11. The summed E-state index contributed by atoms with van der Waals surface area (Å²) in [5, 5.41) is 8.79. The molecule has 2 aliphatic rings. The fourth-order valence-corrected chi connectivity index (χ4v) is 3.64. The molecule has 1 aromatic rings. The summed E-state index contributed by atoms with van der Waals surface area (Å²) in [6, 6.07) is 4.91. The van der Waals surface area contributed by atoms with Crippen LogP contribution in [-0.4, -0.2) is 46.8 Å². The smallest absolute Gasteiger partial charge is 0.274 e. The Kier molecular flexibility index (Phi) is 5.20. The molecule has 0 aliphatic carbocycles. The minimum atomic E-state index is -0.592. The molecule has 2 amide bonds. The lowest BCUT2D eigenvalue weighted by molar-refractivity contribution is -0.148. The predicted molar refractivity (Wildman–Crippen MR) is 94.0 cm³/mol. The number of hydrogen-bond acceptors (Lipinski definition) is 5. The minimum Gasteiger partial charge on any atom is -0.491 e. The van der Waals surface area contributed by atoms with Crippen LogP contribution in [0.2, 0.25) is 0 Å². The number of ether oxygens (including phenoxy) is 2. The third-order valence-corrected chi connectivity index (χ3v) is 5.11. The predicted octanol–water partition coefficient (Wildman–Crippen LogP) is 2.12. The van der Waals surface area contributed by atoms with Gasteiger partial charge in [-0.3, -0.25) is 14.8 Å². The molecule has 3 rings (SSSR count). The molecule has 26 heavy (non-hydrogen) atoms. The number of amides is 2. The summed E-state index contributed by atoms with van der Waals surface area (Å²) in [7, 11) is 0. The van der Waals surface area contributed by atoms with Crippen molar-refractivity contribution < 1.29 is 24.3 Å². The Hall–Kier alpha value is -2.12. The largest absolute Gasteiger partial charge is 0.491 e. The van der Waals surface area contributed by atoms with Gasteiger partial charge in [-0.05, 0) is 45.7 Å². The van der Waals surface area contributed by atoms with E-state index in [9.17, 15) is 9.59 Å². The van der Waals surface area contributed by atoms with E-state index in [4.69, 9.17) is 14.7 Å². The van der Waals surface area contributed by atoms with Crippen molar-refractivity contribution in [2.24, 2.45) is 5.92 Å². The van der Waals surface area contributed by atoms with Crippen LogP contribution in [0.25, 0.3) is 0 Å². The molecule has 142 valence electrons. The van der Waals surface area contributed by atoms with E-state index in [-0.39, 0.29) is 23.5 Å². The fraction of sp³-hybridized carbons (Fsp3) is 0.579. The van der Waals surface area contributed by atoms with Crippen LogP contribution in [0, 0.1) is 5.92 Å². The van der Waals surface area contributed by atoms with Gasteiger partial charge >= 0.3 is 0 Å². The van der Waals surface area contributed by atoms with E-state index >= 15 is 0 Å². The number of benzene rings is 1. The monoisotopic (exact) mass is 362 g/mol. The number of carbonyl (C=O) groups is 2. The second-order valence-corrected chi connectivity index (χ2v) is 7.69. The number of nitrogens with one attached hydrogen (secondary N) is 1. The Balaban J connectivity index is 1.81. The zero-order valence-corrected chi connectivity index (χ0v) is 15.4. The Bertz CT molecular complexity index is 703. The van der Waals surface area contributed by atoms with Gasteiger partial charge in [-0.2, -0.15) is 0 Å². The summed E-state index contributed by atoms with van der Waals surface area (Å²) in [5.74, 6) is 0.0521. The zero-order valence-electron chi connectivity index (χ0n) is 15.4. The van der Waals surface area contributed by atoms with Gasteiger partial charge in [0.2, 0.25) is 5.91 Å². The molecule has 2 N–H and O–H groups in total. The summed E-state index contributed by atoms with van der Waals surface area (Å²) in [5.41, 5.74) is 2.50. The molecule has 0 bridgehead atoms. The molecule has 7 heteroatoms. The fourth-order valence-electron chi connectivity index (χ4n) is 3.64. The highest BCUT2D eigenvalue weighted by molar-refractivity contribution is 5.93. The quantitative estimate of drug-likeness (QED) is 0.621. The molecule has 0 aromatic heterocycles. The van der Waals surface area contributed by atoms with Gasteiger partial charge in [-0.1, -0.05) is 6.07 Å². The van der Waals surface area contributed by atoms with Gasteiger partial charge < -0.3 is 14.4 Å². The number of carbonyl (C=O) groups excluding carboxylic acids is 2. The van der Waals surface area contributed by atoms with Crippen molar-refractivity contribution >= 4 is 11.8 Å². The molecule has 2 heterocycles. The van der Waals surface area contributed by atoms with Crippen molar-refractivity contribution in [3.63, 3.8) is 0 Å². The Labute approximate surface area is 153 Å². The van der Waals surface area contributed by atoms with E-state index in [0.717, 1.165) is 12.0 Å². The normalized spacial score (nSPS) is 24.8. The molecule has 2 aliphatic heterocycles. The zero-order chi connectivity index (χ0) is 18.9. The first-order valence-electron chi connectivity index (χ1n) is 8.95. The van der Waals surface area contributed by atoms with Gasteiger partial charge in [0.15, 0.2) is 0 Å². The average Bonchev–Trinajstić information content (AvgIpc) is 2.78. The summed E-state index contributed by atoms with van der Waals surface area (Å²) in [6.45, 7) is 7.40. The third kappa shape index (κ3) is 3.83.